The lowest BCUT2D eigenvalue weighted by atomic mass is 9.89. The van der Waals surface area contributed by atoms with Crippen LogP contribution in [0, 0.1) is 0 Å². The van der Waals surface area contributed by atoms with E-state index in [0.717, 1.165) is 104 Å². The minimum absolute atomic E-state index is 0.581. The maximum Gasteiger partial charge on any atom is 0.164 e. The number of hydrogen-bond acceptors (Lipinski definition) is 5. The molecule has 0 aliphatic heterocycles. The van der Waals surface area contributed by atoms with Crippen molar-refractivity contribution in [2.45, 2.75) is 0 Å². The molecule has 0 aliphatic rings. The van der Waals surface area contributed by atoms with Gasteiger partial charge in [-0.3, -0.25) is 0 Å². The van der Waals surface area contributed by atoms with Crippen molar-refractivity contribution in [3.05, 3.63) is 200 Å². The molecule has 0 saturated carbocycles. The summed E-state index contributed by atoms with van der Waals surface area (Å²) in [5.74, 6) is 1.77. The van der Waals surface area contributed by atoms with E-state index in [1.165, 1.54) is 10.8 Å². The molecular weight excluding hydrogens is 759 g/mol. The molecule has 5 heteroatoms. The van der Waals surface area contributed by atoms with Crippen LogP contribution >= 0.6 is 0 Å². The second-order valence-corrected chi connectivity index (χ2v) is 15.9. The SMILES string of the molecule is c1ccc2cc(-c3nc(-c4ccc(-c5cc(-c6cccc7ccccc67)cc6oc7ccccc7c56)c5ccccc45)nc(-c4cccc5oc6ccccc6c45)n3)ccc2c1. The Balaban J connectivity index is 1.06. The van der Waals surface area contributed by atoms with Crippen LogP contribution in [0.15, 0.2) is 209 Å². The molecule has 0 spiro atoms. The molecule has 0 radical (unpaired) electrons. The molecule has 0 bridgehead atoms. The second kappa shape index (κ2) is 13.6. The predicted molar refractivity (Wildman–Crippen MR) is 254 cm³/mol. The van der Waals surface area contributed by atoms with Crippen molar-refractivity contribution in [2.75, 3.05) is 0 Å². The van der Waals surface area contributed by atoms with Crippen molar-refractivity contribution >= 4 is 76.2 Å². The maximum absolute atomic E-state index is 6.65. The lowest BCUT2D eigenvalue weighted by molar-refractivity contribution is 0.668. The molecule has 10 aromatic carbocycles. The molecule has 0 amide bonds. The smallest absolute Gasteiger partial charge is 0.164 e. The van der Waals surface area contributed by atoms with Crippen LogP contribution in [0.4, 0.5) is 0 Å². The van der Waals surface area contributed by atoms with Gasteiger partial charge in [0.25, 0.3) is 0 Å². The molecule has 3 heterocycles. The number of fused-ring (bicyclic) bond motifs is 9. The number of para-hydroxylation sites is 2. The average molecular weight is 792 g/mol. The molecule has 0 saturated heterocycles. The quantitative estimate of drug-likeness (QED) is 0.174. The summed E-state index contributed by atoms with van der Waals surface area (Å²) in [6.07, 6.45) is 0. The highest BCUT2D eigenvalue weighted by molar-refractivity contribution is 6.18. The summed E-state index contributed by atoms with van der Waals surface area (Å²) >= 11 is 0. The molecule has 0 fully saturated rings. The number of aromatic nitrogens is 3. The van der Waals surface area contributed by atoms with Gasteiger partial charge >= 0.3 is 0 Å². The molecule has 288 valence electrons. The zero-order valence-corrected chi connectivity index (χ0v) is 33.2. The Kier molecular flexibility index (Phi) is 7.54. The van der Waals surface area contributed by atoms with Crippen LogP contribution < -0.4 is 0 Å². The molecular formula is C57H33N3O2. The highest BCUT2D eigenvalue weighted by Gasteiger charge is 2.22. The number of nitrogens with zero attached hydrogens (tertiary/aromatic N) is 3. The summed E-state index contributed by atoms with van der Waals surface area (Å²) in [4.78, 5) is 15.9. The fraction of sp³-hybridized carbons (Fsp3) is 0. The number of benzene rings is 10. The number of furan rings is 2. The van der Waals surface area contributed by atoms with E-state index in [9.17, 15) is 0 Å². The fourth-order valence-electron chi connectivity index (χ4n) is 9.46. The molecule has 5 nitrogen and oxygen atoms in total. The van der Waals surface area contributed by atoms with Gasteiger partial charge in [0.05, 0.1) is 0 Å². The Morgan fingerprint density at radius 2 is 0.790 bits per heavy atom. The monoisotopic (exact) mass is 791 g/mol. The first-order valence-electron chi connectivity index (χ1n) is 20.8. The molecule has 13 aromatic rings. The first-order chi connectivity index (χ1) is 30.7. The zero-order chi connectivity index (χ0) is 40.7. The van der Waals surface area contributed by atoms with Crippen molar-refractivity contribution in [1.82, 2.24) is 15.0 Å². The van der Waals surface area contributed by atoms with E-state index < -0.39 is 0 Å². The van der Waals surface area contributed by atoms with E-state index in [4.69, 9.17) is 23.8 Å². The van der Waals surface area contributed by atoms with Gasteiger partial charge in [-0.15, -0.1) is 0 Å². The van der Waals surface area contributed by atoms with Gasteiger partial charge in [-0.05, 0) is 97.0 Å². The predicted octanol–water partition coefficient (Wildman–Crippen LogP) is 15.5. The number of hydrogen-bond donors (Lipinski definition) is 0. The molecule has 62 heavy (non-hydrogen) atoms. The molecule has 3 aromatic heterocycles. The third-order valence-electron chi connectivity index (χ3n) is 12.3. The molecule has 0 aliphatic carbocycles. The highest BCUT2D eigenvalue weighted by atomic mass is 16.3. The Labute approximate surface area is 355 Å². The van der Waals surface area contributed by atoms with Gasteiger partial charge in [0.2, 0.25) is 0 Å². The molecule has 0 unspecified atom stereocenters. The molecule has 0 atom stereocenters. The van der Waals surface area contributed by atoms with E-state index in [-0.39, 0.29) is 0 Å². The Hall–Kier alpha value is -8.41. The summed E-state index contributed by atoms with van der Waals surface area (Å²) in [7, 11) is 0. The summed E-state index contributed by atoms with van der Waals surface area (Å²) in [6, 6.07) is 69.9. The van der Waals surface area contributed by atoms with Gasteiger partial charge in [0.15, 0.2) is 17.5 Å². The summed E-state index contributed by atoms with van der Waals surface area (Å²) in [5.41, 5.74) is 10.5. The van der Waals surface area contributed by atoms with Crippen molar-refractivity contribution in [3.8, 4) is 56.4 Å². The lowest BCUT2D eigenvalue weighted by Gasteiger charge is -2.15. The molecule has 0 N–H and O–H groups in total. The van der Waals surface area contributed by atoms with Crippen LogP contribution in [0.25, 0.3) is 133 Å². The van der Waals surface area contributed by atoms with Crippen LogP contribution in [-0.4, -0.2) is 15.0 Å². The summed E-state index contributed by atoms with van der Waals surface area (Å²) in [6.45, 7) is 0. The normalized spacial score (nSPS) is 11.9. The van der Waals surface area contributed by atoms with Gasteiger partial charge in [0.1, 0.15) is 22.3 Å². The summed E-state index contributed by atoms with van der Waals surface area (Å²) in [5, 5.41) is 11.0. The van der Waals surface area contributed by atoms with Crippen molar-refractivity contribution < 1.29 is 8.83 Å². The van der Waals surface area contributed by atoms with Crippen molar-refractivity contribution in [2.24, 2.45) is 0 Å². The van der Waals surface area contributed by atoms with Crippen LogP contribution in [0.3, 0.4) is 0 Å². The third kappa shape index (κ3) is 5.38. The Morgan fingerprint density at radius 1 is 0.258 bits per heavy atom. The van der Waals surface area contributed by atoms with E-state index in [0.29, 0.717) is 17.5 Å². The van der Waals surface area contributed by atoms with E-state index in [1.807, 2.05) is 36.4 Å². The fourth-order valence-corrected chi connectivity index (χ4v) is 9.46. The van der Waals surface area contributed by atoms with Gasteiger partial charge < -0.3 is 8.83 Å². The van der Waals surface area contributed by atoms with Crippen LogP contribution in [0.1, 0.15) is 0 Å². The Morgan fingerprint density at radius 3 is 1.58 bits per heavy atom. The van der Waals surface area contributed by atoms with Gasteiger partial charge in [-0.1, -0.05) is 158 Å². The Bertz CT molecular complexity index is 3950. The van der Waals surface area contributed by atoms with E-state index >= 15 is 0 Å². The standard InChI is InChI=1S/C57H33N3O2/c1-2-15-36-31-37(28-27-34(36)13-1)55-58-56(60-57(59-55)47-23-12-26-51-53(47)45-20-7-9-24-49(45)61-51)44-30-29-43(41-18-5-6-19-42(41)44)48-32-38(40-22-11-16-35-14-3-4-17-39(35)40)33-52-54(48)46-21-8-10-25-50(46)62-52/h1-33H. The second-order valence-electron chi connectivity index (χ2n) is 15.9. The first kappa shape index (κ1) is 34.5. The van der Waals surface area contributed by atoms with Crippen LogP contribution in [0.2, 0.25) is 0 Å². The highest BCUT2D eigenvalue weighted by Crippen LogP contribution is 2.45. The first-order valence-corrected chi connectivity index (χ1v) is 20.8. The minimum atomic E-state index is 0.581. The van der Waals surface area contributed by atoms with Crippen molar-refractivity contribution in [3.63, 3.8) is 0 Å². The summed E-state index contributed by atoms with van der Waals surface area (Å²) < 4.78 is 13.0. The number of rotatable bonds is 5. The third-order valence-corrected chi connectivity index (χ3v) is 12.3. The lowest BCUT2D eigenvalue weighted by Crippen LogP contribution is -2.01. The van der Waals surface area contributed by atoms with E-state index in [2.05, 4.69) is 164 Å². The average Bonchev–Trinajstić information content (AvgIpc) is 3.92. The maximum atomic E-state index is 6.65. The van der Waals surface area contributed by atoms with Gasteiger partial charge in [-0.25, -0.2) is 15.0 Å². The van der Waals surface area contributed by atoms with Crippen LogP contribution in [-0.2, 0) is 0 Å². The largest absolute Gasteiger partial charge is 0.456 e. The van der Waals surface area contributed by atoms with Gasteiger partial charge in [-0.2, -0.15) is 0 Å². The van der Waals surface area contributed by atoms with E-state index in [1.54, 1.807) is 0 Å². The topological polar surface area (TPSA) is 65.0 Å². The van der Waals surface area contributed by atoms with Crippen LogP contribution in [0.5, 0.6) is 0 Å². The molecule has 13 rings (SSSR count). The van der Waals surface area contributed by atoms with Crippen molar-refractivity contribution in [1.29, 1.82) is 0 Å². The van der Waals surface area contributed by atoms with Gasteiger partial charge in [0, 0.05) is 38.2 Å². The zero-order valence-electron chi connectivity index (χ0n) is 33.2. The minimum Gasteiger partial charge on any atom is -0.456 e.